The number of aryl methyl sites for hydroxylation is 2. The van der Waals surface area contributed by atoms with Crippen molar-refractivity contribution < 1.29 is 18.3 Å². The Bertz CT molecular complexity index is 707. The number of aromatic nitrogens is 4. The zero-order valence-electron chi connectivity index (χ0n) is 16.9. The average molecular weight is 394 g/mol. The summed E-state index contributed by atoms with van der Waals surface area (Å²) in [6.07, 6.45) is 8.92. The van der Waals surface area contributed by atoms with Gasteiger partial charge in [-0.15, -0.1) is 0 Å². The van der Waals surface area contributed by atoms with Crippen molar-refractivity contribution in [3.05, 3.63) is 36.2 Å². The van der Waals surface area contributed by atoms with Gasteiger partial charge in [0.1, 0.15) is 0 Å². The van der Waals surface area contributed by atoms with Crippen LogP contribution in [-0.2, 0) is 0 Å². The van der Waals surface area contributed by atoms with Crippen LogP contribution in [0, 0.1) is 25.7 Å². The second-order valence-electron chi connectivity index (χ2n) is 6.72. The first kappa shape index (κ1) is 21.9. The quantitative estimate of drug-likeness (QED) is 0.722. The molecule has 0 saturated heterocycles. The number of halogens is 2. The number of rotatable bonds is 6. The van der Waals surface area contributed by atoms with Crippen molar-refractivity contribution in [1.82, 2.24) is 19.9 Å². The third kappa shape index (κ3) is 7.70. The molecule has 2 aliphatic rings. The normalized spacial score (nSPS) is 18.7. The monoisotopic (exact) mass is 394 g/mol. The van der Waals surface area contributed by atoms with Gasteiger partial charge in [0.15, 0.2) is 0 Å². The van der Waals surface area contributed by atoms with Gasteiger partial charge in [-0.1, -0.05) is 13.8 Å². The van der Waals surface area contributed by atoms with Crippen molar-refractivity contribution in [3.63, 3.8) is 0 Å². The molecule has 0 aromatic carbocycles. The topological polar surface area (TPSA) is 70.0 Å². The Balaban J connectivity index is 0.000000186. The molecule has 0 N–H and O–H groups in total. The summed E-state index contributed by atoms with van der Waals surface area (Å²) in [4.78, 5) is 16.0. The first-order chi connectivity index (χ1) is 13.4. The molecule has 2 aromatic heterocycles. The molecule has 0 radical (unpaired) electrons. The maximum Gasteiger partial charge on any atom is 0.255 e. The molecule has 1 atom stereocenters. The summed E-state index contributed by atoms with van der Waals surface area (Å²) in [5.41, 5.74) is 1.70. The van der Waals surface area contributed by atoms with Crippen LogP contribution in [0.5, 0.6) is 11.8 Å². The first-order valence-corrected chi connectivity index (χ1v) is 9.63. The number of hydrogen-bond donors (Lipinski definition) is 0. The van der Waals surface area contributed by atoms with Crippen LogP contribution in [0.2, 0.25) is 0 Å². The molecule has 2 heterocycles. The Morgan fingerprint density at radius 2 is 1.32 bits per heavy atom. The highest BCUT2D eigenvalue weighted by molar-refractivity contribution is 5.07. The van der Waals surface area contributed by atoms with Crippen LogP contribution < -0.4 is 9.47 Å². The van der Waals surface area contributed by atoms with Crippen molar-refractivity contribution in [1.29, 1.82) is 0 Å². The van der Waals surface area contributed by atoms with E-state index in [9.17, 15) is 8.78 Å². The van der Waals surface area contributed by atoms with E-state index in [2.05, 4.69) is 19.9 Å². The average Bonchev–Trinajstić information content (AvgIpc) is 3.61. The Morgan fingerprint density at radius 1 is 0.857 bits per heavy atom. The summed E-state index contributed by atoms with van der Waals surface area (Å²) >= 11 is 0. The predicted octanol–water partition coefficient (Wildman–Crippen LogP) is 4.42. The van der Waals surface area contributed by atoms with Crippen LogP contribution in [0.3, 0.4) is 0 Å². The predicted molar refractivity (Wildman–Crippen MR) is 102 cm³/mol. The molecular formula is C20H28F2N4O2. The number of alkyl halides is 2. The van der Waals surface area contributed by atoms with Crippen LogP contribution in [0.4, 0.5) is 8.78 Å². The van der Waals surface area contributed by atoms with Gasteiger partial charge in [-0.2, -0.15) is 0 Å². The lowest BCUT2D eigenvalue weighted by atomic mass is 10.4. The van der Waals surface area contributed by atoms with E-state index in [1.54, 1.807) is 25.5 Å². The molecule has 0 spiro atoms. The van der Waals surface area contributed by atoms with E-state index in [0.717, 1.165) is 23.9 Å². The summed E-state index contributed by atoms with van der Waals surface area (Å²) in [5.74, 6) is -1.46. The summed E-state index contributed by atoms with van der Waals surface area (Å²) in [6.45, 7) is 8.53. The van der Waals surface area contributed by atoms with E-state index in [0.29, 0.717) is 11.8 Å². The van der Waals surface area contributed by atoms with Gasteiger partial charge in [0.05, 0.1) is 55.3 Å². The highest BCUT2D eigenvalue weighted by Crippen LogP contribution is 2.48. The zero-order valence-corrected chi connectivity index (χ0v) is 16.9. The molecule has 28 heavy (non-hydrogen) atoms. The molecule has 2 aromatic rings. The van der Waals surface area contributed by atoms with Gasteiger partial charge in [-0.25, -0.2) is 18.7 Å². The number of hydrogen-bond acceptors (Lipinski definition) is 6. The van der Waals surface area contributed by atoms with Crippen LogP contribution in [0.15, 0.2) is 24.8 Å². The highest BCUT2D eigenvalue weighted by Gasteiger charge is 2.57. The van der Waals surface area contributed by atoms with Gasteiger partial charge in [0.2, 0.25) is 11.8 Å². The first-order valence-electron chi connectivity index (χ1n) is 9.63. The largest absolute Gasteiger partial charge is 0.476 e. The summed E-state index contributed by atoms with van der Waals surface area (Å²) in [5, 5.41) is 0. The molecule has 4 rings (SSSR count). The molecule has 154 valence electrons. The fraction of sp³-hybridized carbons (Fsp3) is 0.600. The van der Waals surface area contributed by atoms with E-state index in [1.807, 2.05) is 20.8 Å². The third-order valence-electron chi connectivity index (χ3n) is 4.07. The van der Waals surface area contributed by atoms with Crippen LogP contribution in [0.25, 0.3) is 0 Å². The number of ether oxygens (including phenoxy) is 2. The van der Waals surface area contributed by atoms with Gasteiger partial charge in [0, 0.05) is 6.42 Å². The van der Waals surface area contributed by atoms with Crippen LogP contribution in [-0.4, -0.2) is 39.1 Å². The van der Waals surface area contributed by atoms with Gasteiger partial charge in [0.25, 0.3) is 5.92 Å². The van der Waals surface area contributed by atoms with Gasteiger partial charge in [-0.05, 0) is 32.6 Å². The molecule has 0 aliphatic heterocycles. The molecule has 6 nitrogen and oxygen atoms in total. The Kier molecular flexibility index (Phi) is 8.02. The lowest BCUT2D eigenvalue weighted by Crippen LogP contribution is -2.06. The molecule has 8 heteroatoms. The molecular weight excluding hydrogens is 366 g/mol. The Hall–Kier alpha value is -2.38. The minimum absolute atomic E-state index is 0.0186. The fourth-order valence-electron chi connectivity index (χ4n) is 2.03. The summed E-state index contributed by atoms with van der Waals surface area (Å²) in [6, 6.07) is 0. The Labute approximate surface area is 164 Å². The zero-order chi connectivity index (χ0) is 20.6. The van der Waals surface area contributed by atoms with Crippen molar-refractivity contribution in [3.8, 4) is 11.8 Å². The van der Waals surface area contributed by atoms with Crippen LogP contribution in [0.1, 0.15) is 44.5 Å². The molecule has 0 amide bonds. The smallest absolute Gasteiger partial charge is 0.255 e. The van der Waals surface area contributed by atoms with E-state index in [-0.39, 0.29) is 13.0 Å². The van der Waals surface area contributed by atoms with Crippen molar-refractivity contribution in [2.45, 2.75) is 52.9 Å². The minimum Gasteiger partial charge on any atom is -0.476 e. The van der Waals surface area contributed by atoms with Crippen molar-refractivity contribution in [2.24, 2.45) is 11.8 Å². The third-order valence-corrected chi connectivity index (χ3v) is 4.07. The lowest BCUT2D eigenvalue weighted by Gasteiger charge is -2.03. The van der Waals surface area contributed by atoms with Crippen molar-refractivity contribution in [2.75, 3.05) is 13.2 Å². The van der Waals surface area contributed by atoms with E-state index in [1.165, 1.54) is 19.0 Å². The van der Waals surface area contributed by atoms with Crippen molar-refractivity contribution >= 4 is 0 Å². The second kappa shape index (κ2) is 10.2. The highest BCUT2D eigenvalue weighted by atomic mass is 19.3. The molecule has 0 bridgehead atoms. The lowest BCUT2D eigenvalue weighted by molar-refractivity contribution is 0.0849. The minimum atomic E-state index is -2.53. The SMILES string of the molecule is CC.Cc1cnc(OCC2CC2(F)F)cn1.Cc1cnc(OCC2CC2)cn1. The summed E-state index contributed by atoms with van der Waals surface area (Å²) in [7, 11) is 0. The Morgan fingerprint density at radius 3 is 1.68 bits per heavy atom. The van der Waals surface area contributed by atoms with Gasteiger partial charge >= 0.3 is 0 Å². The van der Waals surface area contributed by atoms with Gasteiger partial charge in [-0.3, -0.25) is 9.97 Å². The second-order valence-corrected chi connectivity index (χ2v) is 6.72. The van der Waals surface area contributed by atoms with E-state index in [4.69, 9.17) is 9.47 Å². The molecule has 1 unspecified atom stereocenters. The summed E-state index contributed by atoms with van der Waals surface area (Å²) < 4.78 is 35.4. The molecule has 2 saturated carbocycles. The standard InChI is InChI=1S/C9H10F2N2O.C9H12N2O.C2H6/c1-6-3-13-8(4-12-6)14-5-7-2-9(7,10)11;1-7-4-11-9(5-10-7)12-6-8-2-3-8;1-2/h3-4,7H,2,5H2,1H3;4-5,8H,2-3,6H2,1H3;1-2H3. The van der Waals surface area contributed by atoms with Crippen LogP contribution >= 0.6 is 0 Å². The molecule has 2 fully saturated rings. The number of nitrogens with zero attached hydrogens (tertiary/aromatic N) is 4. The molecule has 2 aliphatic carbocycles. The fourth-order valence-corrected chi connectivity index (χ4v) is 2.03. The maximum absolute atomic E-state index is 12.4. The maximum atomic E-state index is 12.4. The van der Waals surface area contributed by atoms with E-state index < -0.39 is 11.8 Å². The van der Waals surface area contributed by atoms with E-state index >= 15 is 0 Å². The van der Waals surface area contributed by atoms with Gasteiger partial charge < -0.3 is 9.47 Å².